The van der Waals surface area contributed by atoms with Gasteiger partial charge in [0.15, 0.2) is 17.2 Å². The highest BCUT2D eigenvalue weighted by Crippen LogP contribution is 2.41. The number of benzene rings is 1. The summed E-state index contributed by atoms with van der Waals surface area (Å²) in [5.74, 6) is -1.27. The van der Waals surface area contributed by atoms with Crippen molar-refractivity contribution in [2.45, 2.75) is 43.0 Å². The molecular weight excluding hydrogens is 380 g/mol. The number of hydrogen-bond acceptors (Lipinski definition) is 8. The summed E-state index contributed by atoms with van der Waals surface area (Å²) in [6.07, 6.45) is -3.13. The molecule has 3 unspecified atom stereocenters. The molecule has 1 aliphatic rings. The van der Waals surface area contributed by atoms with E-state index in [4.69, 9.17) is 9.15 Å². The van der Waals surface area contributed by atoms with Gasteiger partial charge in [0.25, 0.3) is 0 Å². The van der Waals surface area contributed by atoms with Crippen LogP contribution < -0.4 is 10.4 Å². The van der Waals surface area contributed by atoms with E-state index in [1.54, 1.807) is 18.2 Å². The van der Waals surface area contributed by atoms with Crippen LogP contribution in [-0.4, -0.2) is 51.3 Å². The van der Waals surface area contributed by atoms with Crippen molar-refractivity contribution in [1.29, 1.82) is 0 Å². The molecule has 1 heterocycles. The average Bonchev–Trinajstić information content (AvgIpc) is 2.66. The molecule has 2 aromatic rings. The second kappa shape index (κ2) is 7.90. The quantitative estimate of drug-likeness (QED) is 0.600. The number of rotatable bonds is 6. The Morgan fingerprint density at radius 2 is 1.90 bits per heavy atom. The summed E-state index contributed by atoms with van der Waals surface area (Å²) < 4.78 is 10.1. The Kier molecular flexibility index (Phi) is 5.70. The van der Waals surface area contributed by atoms with Crippen molar-refractivity contribution in [3.8, 4) is 5.75 Å². The Labute approximate surface area is 166 Å². The third-order valence-corrected chi connectivity index (χ3v) is 5.24. The monoisotopic (exact) mass is 402 g/mol. The van der Waals surface area contributed by atoms with Crippen molar-refractivity contribution in [1.82, 2.24) is 0 Å². The normalized spacial score (nSPS) is 26.9. The molecule has 3 N–H and O–H groups in total. The van der Waals surface area contributed by atoms with Gasteiger partial charge in [-0.3, -0.25) is 9.59 Å². The molecule has 0 spiro atoms. The highest BCUT2D eigenvalue weighted by atomic mass is 16.5. The third-order valence-electron chi connectivity index (χ3n) is 5.24. The van der Waals surface area contributed by atoms with Crippen molar-refractivity contribution in [3.05, 3.63) is 64.2 Å². The van der Waals surface area contributed by atoms with Crippen LogP contribution in [0, 0.1) is 0 Å². The van der Waals surface area contributed by atoms with Gasteiger partial charge in [0.05, 0.1) is 19.3 Å². The number of aliphatic hydroxyl groups is 3. The number of hydrogen-bond donors (Lipinski definition) is 3. The van der Waals surface area contributed by atoms with Crippen LogP contribution >= 0.6 is 0 Å². The predicted molar refractivity (Wildman–Crippen MR) is 101 cm³/mol. The Hall–Kier alpha value is -2.81. The van der Waals surface area contributed by atoms with Crippen LogP contribution in [0.1, 0.15) is 35.4 Å². The van der Waals surface area contributed by atoms with E-state index in [1.165, 1.54) is 25.3 Å². The molecule has 0 radical (unpaired) electrons. The zero-order valence-electron chi connectivity index (χ0n) is 15.8. The minimum Gasteiger partial charge on any atom is -0.496 e. The van der Waals surface area contributed by atoms with Gasteiger partial charge < -0.3 is 24.5 Å². The molecule has 154 valence electrons. The van der Waals surface area contributed by atoms with Crippen LogP contribution in [0.2, 0.25) is 0 Å². The van der Waals surface area contributed by atoms with Gasteiger partial charge in [0.1, 0.15) is 17.1 Å². The van der Waals surface area contributed by atoms with Crippen LogP contribution in [0.15, 0.2) is 51.7 Å². The smallest absolute Gasteiger partial charge is 0.339 e. The third kappa shape index (κ3) is 4.14. The Bertz CT molecular complexity index is 966. The average molecular weight is 402 g/mol. The summed E-state index contributed by atoms with van der Waals surface area (Å²) >= 11 is 0. The Morgan fingerprint density at radius 1 is 1.21 bits per heavy atom. The van der Waals surface area contributed by atoms with Crippen LogP contribution in [0.3, 0.4) is 0 Å². The van der Waals surface area contributed by atoms with E-state index in [2.05, 4.69) is 0 Å². The maximum atomic E-state index is 12.7. The van der Waals surface area contributed by atoms with Gasteiger partial charge in [-0.25, -0.2) is 4.79 Å². The lowest BCUT2D eigenvalue weighted by Crippen LogP contribution is -2.66. The van der Waals surface area contributed by atoms with E-state index in [-0.39, 0.29) is 23.5 Å². The van der Waals surface area contributed by atoms with E-state index in [0.717, 1.165) is 6.07 Å². The fourth-order valence-corrected chi connectivity index (χ4v) is 3.71. The van der Waals surface area contributed by atoms with Crippen LogP contribution in [0.25, 0.3) is 0 Å². The molecule has 0 saturated heterocycles. The van der Waals surface area contributed by atoms with Crippen LogP contribution in [0.4, 0.5) is 0 Å². The maximum Gasteiger partial charge on any atom is 0.339 e. The van der Waals surface area contributed by atoms with E-state index < -0.39 is 53.8 Å². The van der Waals surface area contributed by atoms with Crippen molar-refractivity contribution in [2.24, 2.45) is 0 Å². The molecule has 0 bridgehead atoms. The first-order valence-corrected chi connectivity index (χ1v) is 9.09. The largest absolute Gasteiger partial charge is 0.496 e. The lowest BCUT2D eigenvalue weighted by atomic mass is 9.65. The molecule has 1 aromatic heterocycles. The molecule has 1 fully saturated rings. The first-order chi connectivity index (χ1) is 13.7. The predicted octanol–water partition coefficient (Wildman–Crippen LogP) is 0.650. The molecule has 3 atom stereocenters. The summed E-state index contributed by atoms with van der Waals surface area (Å²) in [5, 5.41) is 32.5. The van der Waals surface area contributed by atoms with Crippen molar-refractivity contribution in [2.75, 3.05) is 7.11 Å². The van der Waals surface area contributed by atoms with Gasteiger partial charge in [-0.15, -0.1) is 0 Å². The first-order valence-electron chi connectivity index (χ1n) is 9.09. The molecule has 29 heavy (non-hydrogen) atoms. The fraction of sp³-hybridized carbons (Fsp3) is 0.381. The molecular formula is C21H22O8. The summed E-state index contributed by atoms with van der Waals surface area (Å²) in [5.41, 5.74) is -5.15. The number of aliphatic hydroxyl groups excluding tert-OH is 1. The van der Waals surface area contributed by atoms with Crippen LogP contribution in [-0.2, 0) is 11.2 Å². The SMILES string of the molecule is COc1cc(CC2(O)CC(O)CC(=O)C2(O)CC(=O)c2ccccc2)oc(=O)c1. The lowest BCUT2D eigenvalue weighted by molar-refractivity contribution is -0.195. The summed E-state index contributed by atoms with van der Waals surface area (Å²) in [6.45, 7) is 0. The fourth-order valence-electron chi connectivity index (χ4n) is 3.71. The molecule has 0 aliphatic heterocycles. The number of Topliss-reactive ketones (excluding diaryl/α,β-unsaturated/α-hetero) is 2. The van der Waals surface area contributed by atoms with Gasteiger partial charge in [-0.1, -0.05) is 30.3 Å². The highest BCUT2D eigenvalue weighted by Gasteiger charge is 2.59. The van der Waals surface area contributed by atoms with E-state index in [1.807, 2.05) is 0 Å². The molecule has 8 nitrogen and oxygen atoms in total. The van der Waals surface area contributed by atoms with Gasteiger partial charge >= 0.3 is 5.63 Å². The van der Waals surface area contributed by atoms with Crippen molar-refractivity contribution >= 4 is 11.6 Å². The molecule has 1 aliphatic carbocycles. The zero-order valence-corrected chi connectivity index (χ0v) is 15.8. The van der Waals surface area contributed by atoms with Gasteiger partial charge in [-0.2, -0.15) is 0 Å². The van der Waals surface area contributed by atoms with E-state index in [9.17, 15) is 29.7 Å². The summed E-state index contributed by atoms with van der Waals surface area (Å²) in [6, 6.07) is 10.5. The molecule has 3 rings (SSSR count). The standard InChI is InChI=1S/C21H22O8/c1-28-15-8-16(29-19(25)9-15)11-20(26)10-14(22)7-18(24)21(20,27)12-17(23)13-5-3-2-4-6-13/h2-6,8-9,14,22,26-27H,7,10-12H2,1H3. The van der Waals surface area contributed by atoms with Crippen molar-refractivity contribution in [3.63, 3.8) is 0 Å². The minimum absolute atomic E-state index is 0.0515. The number of ether oxygens (including phenoxy) is 1. The van der Waals surface area contributed by atoms with Gasteiger partial charge in [-0.05, 0) is 0 Å². The zero-order chi connectivity index (χ0) is 21.2. The Balaban J connectivity index is 1.98. The van der Waals surface area contributed by atoms with Crippen LogP contribution in [0.5, 0.6) is 5.75 Å². The van der Waals surface area contributed by atoms with Crippen molar-refractivity contribution < 1.29 is 34.1 Å². The molecule has 0 amide bonds. The molecule has 1 saturated carbocycles. The molecule has 8 heteroatoms. The second-order valence-electron chi connectivity index (χ2n) is 7.30. The highest BCUT2D eigenvalue weighted by molar-refractivity contribution is 6.02. The summed E-state index contributed by atoms with van der Waals surface area (Å²) in [4.78, 5) is 37.0. The maximum absolute atomic E-state index is 12.7. The topological polar surface area (TPSA) is 134 Å². The Morgan fingerprint density at radius 3 is 2.55 bits per heavy atom. The van der Waals surface area contributed by atoms with Gasteiger partial charge in [0, 0.05) is 37.3 Å². The van der Waals surface area contributed by atoms with E-state index in [0.29, 0.717) is 0 Å². The second-order valence-corrected chi connectivity index (χ2v) is 7.30. The number of carbonyl (C=O) groups is 2. The lowest BCUT2D eigenvalue weighted by Gasteiger charge is -2.46. The van der Waals surface area contributed by atoms with E-state index >= 15 is 0 Å². The minimum atomic E-state index is -2.46. The molecule has 1 aromatic carbocycles. The first kappa shape index (κ1) is 20.9. The summed E-state index contributed by atoms with van der Waals surface area (Å²) in [7, 11) is 1.34. The number of methoxy groups -OCH3 is 1. The number of ketones is 2. The van der Waals surface area contributed by atoms with Gasteiger partial charge in [0.2, 0.25) is 0 Å². The number of carbonyl (C=O) groups excluding carboxylic acids is 2.